The van der Waals surface area contributed by atoms with Gasteiger partial charge in [0.05, 0.1) is 0 Å². The van der Waals surface area contributed by atoms with Gasteiger partial charge in [0.25, 0.3) is 0 Å². The van der Waals surface area contributed by atoms with E-state index in [0.29, 0.717) is 6.54 Å². The Morgan fingerprint density at radius 2 is 2.06 bits per heavy atom. The summed E-state index contributed by atoms with van der Waals surface area (Å²) in [6, 6.07) is 7.44. The molecule has 1 aliphatic rings. The fourth-order valence-electron chi connectivity index (χ4n) is 1.61. The lowest BCUT2D eigenvalue weighted by Crippen LogP contribution is -2.61. The molecule has 1 atom stereocenters. The number of ether oxygens (including phenoxy) is 1. The van der Waals surface area contributed by atoms with Crippen LogP contribution in [0.15, 0.2) is 24.3 Å². The molecule has 2 rings (SSSR count). The van der Waals surface area contributed by atoms with E-state index in [0.717, 1.165) is 12.0 Å². The van der Waals surface area contributed by atoms with Gasteiger partial charge < -0.3 is 15.4 Å². The summed E-state index contributed by atoms with van der Waals surface area (Å²) in [4.78, 5) is 22.3. The third kappa shape index (κ3) is 3.00. The number of alkyl carbamates (subject to hydrolysis) is 1. The quantitative estimate of drug-likeness (QED) is 0.780. The van der Waals surface area contributed by atoms with Gasteiger partial charge in [-0.3, -0.25) is 4.79 Å². The predicted octanol–water partition coefficient (Wildman–Crippen LogP) is 0.974. The number of hydrogen-bond donors (Lipinski definition) is 2. The number of β-lactam (4-membered cyclic amide) rings is 1. The van der Waals surface area contributed by atoms with Gasteiger partial charge in [-0.2, -0.15) is 0 Å². The van der Waals surface area contributed by atoms with Gasteiger partial charge in [-0.1, -0.05) is 31.2 Å². The maximum atomic E-state index is 11.4. The number of nitrogens with one attached hydrogen (secondary N) is 2. The average molecular weight is 248 g/mol. The Kier molecular flexibility index (Phi) is 3.82. The van der Waals surface area contributed by atoms with Gasteiger partial charge in [0, 0.05) is 6.54 Å². The predicted molar refractivity (Wildman–Crippen MR) is 65.9 cm³/mol. The highest BCUT2D eigenvalue weighted by molar-refractivity contribution is 5.90. The van der Waals surface area contributed by atoms with Gasteiger partial charge in [0.1, 0.15) is 12.6 Å². The highest BCUT2D eigenvalue weighted by atomic mass is 16.5. The van der Waals surface area contributed by atoms with Crippen LogP contribution in [0.4, 0.5) is 4.79 Å². The maximum absolute atomic E-state index is 11.4. The van der Waals surface area contributed by atoms with Gasteiger partial charge in [-0.25, -0.2) is 4.79 Å². The van der Waals surface area contributed by atoms with E-state index in [2.05, 4.69) is 17.6 Å². The molecule has 2 amide bonds. The molecule has 0 bridgehead atoms. The molecule has 18 heavy (non-hydrogen) atoms. The minimum atomic E-state index is -0.561. The summed E-state index contributed by atoms with van der Waals surface area (Å²) < 4.78 is 5.03. The molecule has 0 saturated carbocycles. The Bertz CT molecular complexity index is 442. The Labute approximate surface area is 106 Å². The molecule has 0 aliphatic carbocycles. The van der Waals surface area contributed by atoms with Crippen LogP contribution in [0.2, 0.25) is 0 Å². The zero-order chi connectivity index (χ0) is 13.0. The van der Waals surface area contributed by atoms with Crippen molar-refractivity contribution in [1.82, 2.24) is 10.6 Å². The number of carbonyl (C=O) groups excluding carboxylic acids is 2. The zero-order valence-corrected chi connectivity index (χ0v) is 10.2. The van der Waals surface area contributed by atoms with Gasteiger partial charge in [-0.05, 0) is 17.5 Å². The lowest BCUT2D eigenvalue weighted by molar-refractivity contribution is -0.128. The molecular weight excluding hydrogens is 232 g/mol. The molecule has 0 aromatic heterocycles. The van der Waals surface area contributed by atoms with E-state index in [1.165, 1.54) is 5.56 Å². The first-order chi connectivity index (χ1) is 8.69. The van der Waals surface area contributed by atoms with Crippen molar-refractivity contribution in [1.29, 1.82) is 0 Å². The van der Waals surface area contributed by atoms with E-state index in [1.807, 2.05) is 24.3 Å². The number of aryl methyl sites for hydroxylation is 1. The first-order valence-corrected chi connectivity index (χ1v) is 5.98. The molecule has 5 nitrogen and oxygen atoms in total. The Morgan fingerprint density at radius 1 is 1.39 bits per heavy atom. The molecule has 1 aromatic carbocycles. The first kappa shape index (κ1) is 12.4. The van der Waals surface area contributed by atoms with Crippen LogP contribution in [0.5, 0.6) is 0 Å². The van der Waals surface area contributed by atoms with E-state index in [-0.39, 0.29) is 12.5 Å². The maximum Gasteiger partial charge on any atom is 0.408 e. The summed E-state index contributed by atoms with van der Waals surface area (Å²) in [6.07, 6.45) is 0.424. The van der Waals surface area contributed by atoms with Crippen LogP contribution in [0, 0.1) is 0 Å². The molecule has 1 saturated heterocycles. The van der Waals surface area contributed by atoms with E-state index in [1.54, 1.807) is 0 Å². The topological polar surface area (TPSA) is 67.4 Å². The Balaban J connectivity index is 1.76. The molecule has 1 heterocycles. The highest BCUT2D eigenvalue weighted by Gasteiger charge is 2.29. The SMILES string of the molecule is CCc1ccc(COC(=O)N[C@H]2CNC2=O)cc1. The van der Waals surface area contributed by atoms with Gasteiger partial charge in [0.2, 0.25) is 5.91 Å². The monoisotopic (exact) mass is 248 g/mol. The van der Waals surface area contributed by atoms with Crippen molar-refractivity contribution < 1.29 is 14.3 Å². The van der Waals surface area contributed by atoms with Crippen molar-refractivity contribution in [3.63, 3.8) is 0 Å². The fourth-order valence-corrected chi connectivity index (χ4v) is 1.61. The second-order valence-electron chi connectivity index (χ2n) is 4.19. The summed E-state index contributed by atoms with van der Waals surface area (Å²) in [6.45, 7) is 2.77. The lowest BCUT2D eigenvalue weighted by atomic mass is 10.1. The number of amides is 2. The number of benzene rings is 1. The molecule has 0 unspecified atom stereocenters. The van der Waals surface area contributed by atoms with Crippen LogP contribution in [-0.2, 0) is 22.6 Å². The van der Waals surface area contributed by atoms with Crippen LogP contribution in [0.3, 0.4) is 0 Å². The molecule has 2 N–H and O–H groups in total. The van der Waals surface area contributed by atoms with Crippen molar-refractivity contribution >= 4 is 12.0 Å². The molecule has 1 aliphatic heterocycles. The van der Waals surface area contributed by atoms with Gasteiger partial charge in [-0.15, -0.1) is 0 Å². The van der Waals surface area contributed by atoms with E-state index in [9.17, 15) is 9.59 Å². The standard InChI is InChI=1S/C13H16N2O3/c1-2-9-3-5-10(6-4-9)8-18-13(17)15-11-7-14-12(11)16/h3-6,11H,2,7-8H2,1H3,(H,14,16)(H,15,17)/t11-/m0/s1. The second-order valence-corrected chi connectivity index (χ2v) is 4.19. The lowest BCUT2D eigenvalue weighted by Gasteiger charge is -2.26. The van der Waals surface area contributed by atoms with Crippen LogP contribution < -0.4 is 10.6 Å². The van der Waals surface area contributed by atoms with Crippen molar-refractivity contribution in [2.75, 3.05) is 6.54 Å². The van der Waals surface area contributed by atoms with Crippen molar-refractivity contribution in [2.24, 2.45) is 0 Å². The van der Waals surface area contributed by atoms with Crippen molar-refractivity contribution in [2.45, 2.75) is 26.0 Å². The summed E-state index contributed by atoms with van der Waals surface area (Å²) in [5.41, 5.74) is 2.18. The average Bonchev–Trinajstić information content (AvgIpc) is 2.41. The summed E-state index contributed by atoms with van der Waals surface area (Å²) in [7, 11) is 0. The second kappa shape index (κ2) is 5.53. The summed E-state index contributed by atoms with van der Waals surface area (Å²) in [5, 5.41) is 5.03. The molecule has 96 valence electrons. The number of rotatable bonds is 4. The molecule has 0 radical (unpaired) electrons. The normalized spacial score (nSPS) is 17.6. The smallest absolute Gasteiger partial charge is 0.408 e. The van der Waals surface area contributed by atoms with E-state index < -0.39 is 12.1 Å². The Morgan fingerprint density at radius 3 is 2.56 bits per heavy atom. The zero-order valence-electron chi connectivity index (χ0n) is 10.2. The van der Waals surface area contributed by atoms with Crippen LogP contribution in [0.1, 0.15) is 18.1 Å². The number of carbonyl (C=O) groups is 2. The Hall–Kier alpha value is -2.04. The van der Waals surface area contributed by atoms with Crippen LogP contribution in [-0.4, -0.2) is 24.6 Å². The van der Waals surface area contributed by atoms with E-state index in [4.69, 9.17) is 4.74 Å². The van der Waals surface area contributed by atoms with Crippen LogP contribution in [0.25, 0.3) is 0 Å². The number of hydrogen-bond acceptors (Lipinski definition) is 3. The van der Waals surface area contributed by atoms with E-state index >= 15 is 0 Å². The summed E-state index contributed by atoms with van der Waals surface area (Å²) >= 11 is 0. The summed E-state index contributed by atoms with van der Waals surface area (Å²) in [5.74, 6) is -0.167. The third-order valence-electron chi connectivity index (χ3n) is 2.89. The van der Waals surface area contributed by atoms with Gasteiger partial charge >= 0.3 is 6.09 Å². The molecule has 1 aromatic rings. The molecule has 0 spiro atoms. The molecule has 5 heteroatoms. The van der Waals surface area contributed by atoms with Crippen molar-refractivity contribution in [3.8, 4) is 0 Å². The minimum Gasteiger partial charge on any atom is -0.445 e. The first-order valence-electron chi connectivity index (χ1n) is 5.98. The van der Waals surface area contributed by atoms with Crippen LogP contribution >= 0.6 is 0 Å². The molecule has 1 fully saturated rings. The fraction of sp³-hybridized carbons (Fsp3) is 0.385. The molecular formula is C13H16N2O3. The van der Waals surface area contributed by atoms with Crippen molar-refractivity contribution in [3.05, 3.63) is 35.4 Å². The minimum absolute atomic E-state index is 0.167. The highest BCUT2D eigenvalue weighted by Crippen LogP contribution is 2.06. The third-order valence-corrected chi connectivity index (χ3v) is 2.89. The largest absolute Gasteiger partial charge is 0.445 e. The van der Waals surface area contributed by atoms with Gasteiger partial charge in [0.15, 0.2) is 0 Å².